The minimum Gasteiger partial charge on any atom is -0.384 e. The smallest absolute Gasteiger partial charge is 0.254 e. The van der Waals surface area contributed by atoms with Crippen LogP contribution in [-0.2, 0) is 5.60 Å². The molecular formula is C16H12F5NO2. The van der Waals surface area contributed by atoms with Crippen LogP contribution in [0.4, 0.5) is 22.0 Å². The summed E-state index contributed by atoms with van der Waals surface area (Å²) in [4.78, 5) is 11.8. The van der Waals surface area contributed by atoms with Crippen molar-refractivity contribution in [2.24, 2.45) is 0 Å². The van der Waals surface area contributed by atoms with E-state index in [0.29, 0.717) is 0 Å². The Labute approximate surface area is 133 Å². The Hall–Kier alpha value is -2.48. The molecule has 0 aromatic heterocycles. The van der Waals surface area contributed by atoms with Crippen LogP contribution in [0.5, 0.6) is 0 Å². The van der Waals surface area contributed by atoms with Crippen molar-refractivity contribution in [3.8, 4) is 0 Å². The Morgan fingerprint density at radius 3 is 2.21 bits per heavy atom. The summed E-state index contributed by atoms with van der Waals surface area (Å²) in [7, 11) is 0. The Kier molecular flexibility index (Phi) is 4.88. The van der Waals surface area contributed by atoms with Gasteiger partial charge >= 0.3 is 0 Å². The fraction of sp³-hybridized carbons (Fsp3) is 0.188. The fourth-order valence-corrected chi connectivity index (χ4v) is 2.00. The monoisotopic (exact) mass is 345 g/mol. The van der Waals surface area contributed by atoms with Crippen LogP contribution in [0.3, 0.4) is 0 Å². The van der Waals surface area contributed by atoms with Crippen LogP contribution >= 0.6 is 0 Å². The largest absolute Gasteiger partial charge is 0.384 e. The number of halogens is 5. The highest BCUT2D eigenvalue weighted by Crippen LogP contribution is 2.21. The van der Waals surface area contributed by atoms with Crippen LogP contribution in [0, 0.1) is 29.1 Å². The first-order valence-electron chi connectivity index (χ1n) is 6.73. The van der Waals surface area contributed by atoms with E-state index in [1.165, 1.54) is 19.1 Å². The molecule has 1 unspecified atom stereocenters. The highest BCUT2D eigenvalue weighted by atomic mass is 19.2. The van der Waals surface area contributed by atoms with Gasteiger partial charge in [0.05, 0.1) is 12.1 Å². The topological polar surface area (TPSA) is 49.3 Å². The van der Waals surface area contributed by atoms with Crippen molar-refractivity contribution in [2.75, 3.05) is 6.54 Å². The molecule has 3 nitrogen and oxygen atoms in total. The standard InChI is InChI=1S/C16H12F5NO2/c1-16(24,8-2-4-9(17)5-3-8)7-22-15(23)10-6-11(18)13(20)14(21)12(10)19/h2-6,24H,7H2,1H3,(H,22,23). The summed E-state index contributed by atoms with van der Waals surface area (Å²) >= 11 is 0. The number of nitrogens with one attached hydrogen (secondary N) is 1. The molecule has 0 aliphatic rings. The predicted octanol–water partition coefficient (Wildman–Crippen LogP) is 3.02. The lowest BCUT2D eigenvalue weighted by Crippen LogP contribution is -2.39. The lowest BCUT2D eigenvalue weighted by atomic mass is 9.96. The lowest BCUT2D eigenvalue weighted by molar-refractivity contribution is 0.0524. The number of hydrogen-bond acceptors (Lipinski definition) is 2. The first kappa shape index (κ1) is 17.9. The maximum atomic E-state index is 13.5. The fourth-order valence-electron chi connectivity index (χ4n) is 2.00. The molecule has 0 heterocycles. The molecule has 0 aliphatic heterocycles. The molecule has 8 heteroatoms. The van der Waals surface area contributed by atoms with E-state index in [1.54, 1.807) is 0 Å². The van der Waals surface area contributed by atoms with Crippen molar-refractivity contribution in [3.05, 3.63) is 70.5 Å². The summed E-state index contributed by atoms with van der Waals surface area (Å²) in [6, 6.07) is 4.96. The number of carbonyl (C=O) groups is 1. The summed E-state index contributed by atoms with van der Waals surface area (Å²) in [6.07, 6.45) is 0. The average molecular weight is 345 g/mol. The minimum absolute atomic E-state index is 0.218. The van der Waals surface area contributed by atoms with Gasteiger partial charge in [-0.1, -0.05) is 12.1 Å². The zero-order valence-electron chi connectivity index (χ0n) is 12.3. The number of aliphatic hydroxyl groups is 1. The van der Waals surface area contributed by atoms with E-state index >= 15 is 0 Å². The molecule has 2 aromatic rings. The van der Waals surface area contributed by atoms with E-state index in [2.05, 4.69) is 5.32 Å². The van der Waals surface area contributed by atoms with Gasteiger partial charge in [0.25, 0.3) is 5.91 Å². The molecule has 24 heavy (non-hydrogen) atoms. The van der Waals surface area contributed by atoms with Gasteiger partial charge in [-0.25, -0.2) is 22.0 Å². The van der Waals surface area contributed by atoms with Gasteiger partial charge in [0, 0.05) is 0 Å². The zero-order chi connectivity index (χ0) is 18.1. The molecule has 2 rings (SSSR count). The van der Waals surface area contributed by atoms with Crippen LogP contribution in [-0.4, -0.2) is 17.6 Å². The first-order chi connectivity index (χ1) is 11.1. The molecule has 0 saturated heterocycles. The molecule has 0 bridgehead atoms. The zero-order valence-corrected chi connectivity index (χ0v) is 12.3. The summed E-state index contributed by atoms with van der Waals surface area (Å²) < 4.78 is 65.5. The number of benzene rings is 2. The summed E-state index contributed by atoms with van der Waals surface area (Å²) in [6.45, 7) is 0.834. The van der Waals surface area contributed by atoms with E-state index in [4.69, 9.17) is 0 Å². The number of rotatable bonds is 4. The SMILES string of the molecule is CC(O)(CNC(=O)c1cc(F)c(F)c(F)c1F)c1ccc(F)cc1. The molecule has 2 aromatic carbocycles. The van der Waals surface area contributed by atoms with Gasteiger partial charge in [-0.2, -0.15) is 0 Å². The molecule has 0 saturated carbocycles. The summed E-state index contributed by atoms with van der Waals surface area (Å²) in [5.74, 6) is -9.46. The highest BCUT2D eigenvalue weighted by Gasteiger charge is 2.27. The molecule has 0 fully saturated rings. The third-order valence-electron chi connectivity index (χ3n) is 3.41. The predicted molar refractivity (Wildman–Crippen MR) is 74.6 cm³/mol. The quantitative estimate of drug-likeness (QED) is 0.508. The molecule has 0 radical (unpaired) electrons. The van der Waals surface area contributed by atoms with Crippen LogP contribution in [0.1, 0.15) is 22.8 Å². The van der Waals surface area contributed by atoms with Gasteiger partial charge in [0.15, 0.2) is 23.3 Å². The van der Waals surface area contributed by atoms with Gasteiger partial charge in [-0.05, 0) is 30.7 Å². The third-order valence-corrected chi connectivity index (χ3v) is 3.41. The number of hydrogen-bond donors (Lipinski definition) is 2. The second kappa shape index (κ2) is 6.56. The Morgan fingerprint density at radius 1 is 1.04 bits per heavy atom. The first-order valence-corrected chi connectivity index (χ1v) is 6.73. The van der Waals surface area contributed by atoms with Gasteiger partial charge in [0.2, 0.25) is 0 Å². The summed E-state index contributed by atoms with van der Waals surface area (Å²) in [5, 5.41) is 12.3. The van der Waals surface area contributed by atoms with Crippen molar-refractivity contribution in [2.45, 2.75) is 12.5 Å². The molecule has 128 valence electrons. The van der Waals surface area contributed by atoms with Crippen molar-refractivity contribution < 1.29 is 31.9 Å². The van der Waals surface area contributed by atoms with Crippen LogP contribution in [0.2, 0.25) is 0 Å². The Morgan fingerprint density at radius 2 is 1.62 bits per heavy atom. The van der Waals surface area contributed by atoms with Crippen LogP contribution in [0.25, 0.3) is 0 Å². The maximum absolute atomic E-state index is 13.5. The molecule has 2 N–H and O–H groups in total. The van der Waals surface area contributed by atoms with Crippen molar-refractivity contribution >= 4 is 5.91 Å². The van der Waals surface area contributed by atoms with Gasteiger partial charge in [-0.15, -0.1) is 0 Å². The van der Waals surface area contributed by atoms with E-state index in [-0.39, 0.29) is 11.6 Å². The van der Waals surface area contributed by atoms with Gasteiger partial charge < -0.3 is 10.4 Å². The van der Waals surface area contributed by atoms with Gasteiger partial charge in [0.1, 0.15) is 11.4 Å². The van der Waals surface area contributed by atoms with E-state index in [1.807, 2.05) is 0 Å². The normalized spacial score (nSPS) is 13.5. The second-order valence-electron chi connectivity index (χ2n) is 5.31. The van der Waals surface area contributed by atoms with Crippen molar-refractivity contribution in [3.63, 3.8) is 0 Å². The molecule has 0 spiro atoms. The van der Waals surface area contributed by atoms with E-state index < -0.39 is 52.7 Å². The van der Waals surface area contributed by atoms with Crippen LogP contribution < -0.4 is 5.32 Å². The minimum atomic E-state index is -2.11. The Bertz CT molecular complexity index is 775. The number of amides is 1. The van der Waals surface area contributed by atoms with Crippen LogP contribution in [0.15, 0.2) is 30.3 Å². The average Bonchev–Trinajstić information content (AvgIpc) is 2.54. The second-order valence-corrected chi connectivity index (χ2v) is 5.31. The third kappa shape index (κ3) is 3.53. The summed E-state index contributed by atoms with van der Waals surface area (Å²) in [5.41, 5.74) is -2.45. The lowest BCUT2D eigenvalue weighted by Gasteiger charge is -2.24. The molecule has 1 atom stereocenters. The van der Waals surface area contributed by atoms with Gasteiger partial charge in [-0.3, -0.25) is 4.79 Å². The van der Waals surface area contributed by atoms with Crippen molar-refractivity contribution in [1.82, 2.24) is 5.32 Å². The molecular weight excluding hydrogens is 333 g/mol. The van der Waals surface area contributed by atoms with E-state index in [0.717, 1.165) is 12.1 Å². The number of carbonyl (C=O) groups excluding carboxylic acids is 1. The van der Waals surface area contributed by atoms with E-state index in [9.17, 15) is 31.9 Å². The highest BCUT2D eigenvalue weighted by molar-refractivity contribution is 5.94. The Balaban J connectivity index is 2.17. The molecule has 0 aliphatic carbocycles. The molecule has 1 amide bonds. The van der Waals surface area contributed by atoms with Crippen molar-refractivity contribution in [1.29, 1.82) is 0 Å². The maximum Gasteiger partial charge on any atom is 0.254 e.